The number of nitrogens with one attached hydrogen (secondary N) is 1. The third-order valence-electron chi connectivity index (χ3n) is 6.11. The number of halogens is 1. The number of nitrogens with zero attached hydrogens (tertiary/aromatic N) is 4. The number of rotatable bonds is 5. The van der Waals surface area contributed by atoms with E-state index in [4.69, 9.17) is 9.97 Å². The maximum absolute atomic E-state index is 13.2. The molecule has 0 aromatic heterocycles. The summed E-state index contributed by atoms with van der Waals surface area (Å²) >= 11 is 0. The first kappa shape index (κ1) is 20.0. The maximum atomic E-state index is 13.2. The minimum atomic E-state index is 0. The predicted molar refractivity (Wildman–Crippen MR) is 117 cm³/mol. The fourth-order valence-electron chi connectivity index (χ4n) is 4.74. The molecule has 3 heterocycles. The van der Waals surface area contributed by atoms with E-state index in [1.54, 1.807) is 0 Å². The summed E-state index contributed by atoms with van der Waals surface area (Å²) in [6.45, 7) is 3.46. The van der Waals surface area contributed by atoms with Gasteiger partial charge in [0.25, 0.3) is 0 Å². The van der Waals surface area contributed by atoms with E-state index in [0.29, 0.717) is 19.0 Å². The van der Waals surface area contributed by atoms with Gasteiger partial charge in [-0.1, -0.05) is 50.1 Å². The minimum absolute atomic E-state index is 0. The van der Waals surface area contributed by atoms with Crippen LogP contribution in [0.5, 0.6) is 0 Å². The van der Waals surface area contributed by atoms with Crippen molar-refractivity contribution < 1.29 is 0 Å². The number of imidazole rings is 1. The number of hydrogen-bond acceptors (Lipinski definition) is 4. The Kier molecular flexibility index (Phi) is 5.63. The number of aromatic nitrogens is 4. The smallest absolute Gasteiger partial charge is 0.331 e. The predicted octanol–water partition coefficient (Wildman–Crippen LogP) is 4.07. The summed E-state index contributed by atoms with van der Waals surface area (Å²) in [6, 6.07) is 10.6. The van der Waals surface area contributed by atoms with Crippen molar-refractivity contribution in [3.05, 3.63) is 52.2 Å². The fourth-order valence-corrected chi connectivity index (χ4v) is 4.74. The van der Waals surface area contributed by atoms with Gasteiger partial charge in [0.1, 0.15) is 17.3 Å². The second kappa shape index (κ2) is 8.19. The molecule has 7 heteroatoms. The van der Waals surface area contributed by atoms with Crippen molar-refractivity contribution in [2.45, 2.75) is 70.5 Å². The summed E-state index contributed by atoms with van der Waals surface area (Å²) in [5, 5.41) is 3.59. The molecule has 29 heavy (non-hydrogen) atoms. The summed E-state index contributed by atoms with van der Waals surface area (Å²) < 4.78 is 3.70. The molecular weight excluding hydrogens is 386 g/mol. The lowest BCUT2D eigenvalue weighted by Gasteiger charge is -2.13. The Morgan fingerprint density at radius 2 is 1.90 bits per heavy atom. The Balaban J connectivity index is 0.00000205. The van der Waals surface area contributed by atoms with Crippen LogP contribution >= 0.6 is 12.4 Å². The Bertz CT molecular complexity index is 1010. The van der Waals surface area contributed by atoms with E-state index in [1.807, 2.05) is 15.2 Å². The van der Waals surface area contributed by atoms with Gasteiger partial charge in [-0.3, -0.25) is 9.13 Å². The van der Waals surface area contributed by atoms with Crippen LogP contribution < -0.4 is 11.0 Å². The quantitative estimate of drug-likeness (QED) is 0.684. The molecule has 0 radical (unpaired) electrons. The van der Waals surface area contributed by atoms with Crippen molar-refractivity contribution >= 4 is 18.2 Å². The van der Waals surface area contributed by atoms with Gasteiger partial charge < -0.3 is 5.32 Å². The zero-order valence-electron chi connectivity index (χ0n) is 16.8. The zero-order chi connectivity index (χ0) is 19.1. The third-order valence-corrected chi connectivity index (χ3v) is 6.11. The van der Waals surface area contributed by atoms with Crippen molar-refractivity contribution in [2.75, 3.05) is 5.32 Å². The summed E-state index contributed by atoms with van der Waals surface area (Å²) in [4.78, 5) is 23.0. The number of hydrogen-bond donors (Lipinski definition) is 1. The Labute approximate surface area is 177 Å². The van der Waals surface area contributed by atoms with Crippen LogP contribution in [0.1, 0.15) is 56.3 Å². The van der Waals surface area contributed by atoms with Gasteiger partial charge in [0.15, 0.2) is 5.82 Å². The van der Waals surface area contributed by atoms with Crippen molar-refractivity contribution in [1.29, 1.82) is 0 Å². The fraction of sp³-hybridized carbons (Fsp3) is 0.500. The average molecular weight is 414 g/mol. The first-order valence-electron chi connectivity index (χ1n) is 10.6. The molecule has 0 amide bonds. The van der Waals surface area contributed by atoms with E-state index in [2.05, 4.69) is 36.5 Å². The second-order valence-corrected chi connectivity index (χ2v) is 8.16. The molecule has 154 valence electrons. The molecule has 0 spiro atoms. The highest BCUT2D eigenvalue weighted by Gasteiger charge is 2.33. The molecule has 1 fully saturated rings. The van der Waals surface area contributed by atoms with E-state index in [1.165, 1.54) is 18.4 Å². The van der Waals surface area contributed by atoms with E-state index >= 15 is 0 Å². The molecule has 5 rings (SSSR count). The van der Waals surface area contributed by atoms with Crippen molar-refractivity contribution in [2.24, 2.45) is 0 Å². The molecule has 0 bridgehead atoms. The van der Waals surface area contributed by atoms with Crippen LogP contribution in [-0.2, 0) is 19.5 Å². The van der Waals surface area contributed by atoms with Crippen molar-refractivity contribution in [3.8, 4) is 11.5 Å². The van der Waals surface area contributed by atoms with Crippen LogP contribution in [0.15, 0.2) is 35.1 Å². The second-order valence-electron chi connectivity index (χ2n) is 8.16. The van der Waals surface area contributed by atoms with Gasteiger partial charge in [0, 0.05) is 25.0 Å². The van der Waals surface area contributed by atoms with Crippen LogP contribution in [0, 0.1) is 0 Å². The molecule has 0 unspecified atom stereocenters. The van der Waals surface area contributed by atoms with E-state index in [-0.39, 0.29) is 24.1 Å². The molecule has 1 saturated carbocycles. The van der Waals surface area contributed by atoms with Crippen molar-refractivity contribution in [1.82, 2.24) is 19.1 Å². The Hall–Kier alpha value is -2.34. The highest BCUT2D eigenvalue weighted by atomic mass is 35.5. The highest BCUT2D eigenvalue weighted by Crippen LogP contribution is 2.37. The Morgan fingerprint density at radius 3 is 2.62 bits per heavy atom. The molecule has 1 N–H and O–H groups in total. The molecule has 4 aliphatic rings. The van der Waals surface area contributed by atoms with Gasteiger partial charge in [-0.2, -0.15) is 0 Å². The lowest BCUT2D eigenvalue weighted by Crippen LogP contribution is -2.32. The summed E-state index contributed by atoms with van der Waals surface area (Å²) in [7, 11) is 0. The zero-order valence-corrected chi connectivity index (χ0v) is 17.6. The topological polar surface area (TPSA) is 64.7 Å². The van der Waals surface area contributed by atoms with Gasteiger partial charge in [0.2, 0.25) is 0 Å². The van der Waals surface area contributed by atoms with Crippen LogP contribution in [-0.4, -0.2) is 25.1 Å². The summed E-state index contributed by atoms with van der Waals surface area (Å²) in [5.74, 6) is 2.98. The van der Waals surface area contributed by atoms with Gasteiger partial charge in [0.05, 0.1) is 0 Å². The summed E-state index contributed by atoms with van der Waals surface area (Å²) in [5.41, 5.74) is 2.18. The SMILES string of the molecule is CCCn1c2nc(C3CCCC3)nc-2c2n(c1=O)C[C@@H](Cc1ccccc1)N2.Cl. The van der Waals surface area contributed by atoms with E-state index in [0.717, 1.165) is 48.8 Å². The largest absolute Gasteiger partial charge is 0.365 e. The molecule has 1 atom stereocenters. The van der Waals surface area contributed by atoms with E-state index < -0.39 is 0 Å². The van der Waals surface area contributed by atoms with Gasteiger partial charge in [-0.25, -0.2) is 14.8 Å². The maximum Gasteiger partial charge on any atom is 0.331 e. The van der Waals surface area contributed by atoms with E-state index in [9.17, 15) is 4.79 Å². The Morgan fingerprint density at radius 1 is 1.14 bits per heavy atom. The molecule has 1 aliphatic carbocycles. The highest BCUT2D eigenvalue weighted by molar-refractivity contribution is 5.85. The molecule has 6 nitrogen and oxygen atoms in total. The number of fused-ring (bicyclic) bond motifs is 3. The number of anilines is 1. The molecule has 0 saturated heterocycles. The van der Waals surface area contributed by atoms with Crippen LogP contribution in [0.3, 0.4) is 0 Å². The van der Waals surface area contributed by atoms with Gasteiger partial charge in [-0.15, -0.1) is 12.4 Å². The third kappa shape index (κ3) is 3.54. The summed E-state index contributed by atoms with van der Waals surface area (Å²) in [6.07, 6.45) is 6.62. The minimum Gasteiger partial charge on any atom is -0.365 e. The van der Waals surface area contributed by atoms with Crippen LogP contribution in [0.4, 0.5) is 5.82 Å². The van der Waals surface area contributed by atoms with Crippen LogP contribution in [0.2, 0.25) is 0 Å². The monoisotopic (exact) mass is 413 g/mol. The first-order chi connectivity index (χ1) is 13.7. The first-order valence-corrected chi connectivity index (χ1v) is 10.6. The van der Waals surface area contributed by atoms with Crippen molar-refractivity contribution in [3.63, 3.8) is 0 Å². The van der Waals surface area contributed by atoms with Gasteiger partial charge in [-0.05, 0) is 31.2 Å². The van der Waals surface area contributed by atoms with Gasteiger partial charge >= 0.3 is 5.69 Å². The number of benzene rings is 1. The molecule has 3 aliphatic heterocycles. The normalized spacial score (nSPS) is 18.6. The van der Waals surface area contributed by atoms with Crippen LogP contribution in [0.25, 0.3) is 11.5 Å². The molecular formula is C22H28ClN5O. The molecule has 1 aromatic rings. The lowest BCUT2D eigenvalue weighted by molar-refractivity contribution is 0.560. The molecule has 1 aromatic carbocycles. The standard InChI is InChI=1S/C22H27N5O.ClH/c1-2-12-26-21-18(24-19(25-21)16-10-6-7-11-16)20-23-17(14-27(20)22(26)28)13-15-8-4-3-5-9-15;/h3-5,8-9,16-17,23H,2,6-7,10-14H2,1H3;1H/t17-;/m1./s1. The average Bonchev–Trinajstić information content (AvgIpc) is 3.44. The lowest BCUT2D eigenvalue weighted by atomic mass is 10.1.